The maximum Gasteiger partial charge on any atom is 0.261 e. The molecule has 0 unspecified atom stereocenters. The van der Waals surface area contributed by atoms with E-state index in [0.29, 0.717) is 5.69 Å². The Morgan fingerprint density at radius 2 is 2.22 bits per heavy atom. The molecule has 0 saturated heterocycles. The molecule has 0 spiro atoms. The summed E-state index contributed by atoms with van der Waals surface area (Å²) in [5.74, 6) is -0.264. The third-order valence-electron chi connectivity index (χ3n) is 1.92. The predicted molar refractivity (Wildman–Crippen MR) is 76.9 cm³/mol. The van der Waals surface area contributed by atoms with Crippen molar-refractivity contribution >= 4 is 50.1 Å². The molecule has 0 radical (unpaired) electrons. The fraction of sp³-hybridized carbons (Fsp3) is 0.364. The van der Waals surface area contributed by atoms with Crippen LogP contribution in [0.3, 0.4) is 0 Å². The highest BCUT2D eigenvalue weighted by Gasteiger charge is 2.07. The molecule has 100 valence electrons. The molecule has 0 heterocycles. The normalized spacial score (nSPS) is 10.7. The van der Waals surface area contributed by atoms with Crippen LogP contribution in [0.25, 0.3) is 0 Å². The van der Waals surface area contributed by atoms with E-state index in [1.165, 1.54) is 0 Å². The molecule has 18 heavy (non-hydrogen) atoms. The van der Waals surface area contributed by atoms with Crippen LogP contribution in [0.15, 0.2) is 22.7 Å². The number of alkyl halides is 2. The zero-order valence-corrected chi connectivity index (χ0v) is 13.0. The average Bonchev–Trinajstić information content (AvgIpc) is 2.29. The highest BCUT2D eigenvalue weighted by Crippen LogP contribution is 2.22. The van der Waals surface area contributed by atoms with Crippen LogP contribution in [-0.2, 0) is 9.53 Å². The first kappa shape index (κ1) is 15.8. The SMILES string of the molecule is O=C(CCOCC(F)F)Nc1cc(Br)ccc1I. The van der Waals surface area contributed by atoms with Gasteiger partial charge in [0, 0.05) is 8.04 Å². The number of anilines is 1. The van der Waals surface area contributed by atoms with Gasteiger partial charge in [-0.1, -0.05) is 15.9 Å². The number of nitrogens with one attached hydrogen (secondary N) is 1. The van der Waals surface area contributed by atoms with Gasteiger partial charge in [-0.25, -0.2) is 8.78 Å². The summed E-state index contributed by atoms with van der Waals surface area (Å²) in [5, 5.41) is 2.70. The van der Waals surface area contributed by atoms with Crippen LogP contribution in [0.2, 0.25) is 0 Å². The number of benzene rings is 1. The second-order valence-corrected chi connectivity index (χ2v) is 5.47. The molecule has 0 aliphatic heterocycles. The van der Waals surface area contributed by atoms with Gasteiger partial charge in [0.25, 0.3) is 6.43 Å². The molecular formula is C11H11BrF2INO2. The van der Waals surface area contributed by atoms with E-state index in [1.807, 2.05) is 12.1 Å². The summed E-state index contributed by atoms with van der Waals surface area (Å²) in [6.07, 6.45) is -2.45. The molecule has 1 aromatic carbocycles. The molecule has 3 nitrogen and oxygen atoms in total. The van der Waals surface area contributed by atoms with E-state index in [9.17, 15) is 13.6 Å². The van der Waals surface area contributed by atoms with E-state index in [2.05, 4.69) is 48.6 Å². The van der Waals surface area contributed by atoms with E-state index < -0.39 is 13.0 Å². The molecule has 0 atom stereocenters. The number of ether oxygens (including phenoxy) is 1. The van der Waals surface area contributed by atoms with Crippen LogP contribution in [-0.4, -0.2) is 25.5 Å². The molecule has 7 heteroatoms. The largest absolute Gasteiger partial charge is 0.375 e. The Hall–Kier alpha value is -0.280. The minimum atomic E-state index is -2.50. The highest BCUT2D eigenvalue weighted by molar-refractivity contribution is 14.1. The maximum absolute atomic E-state index is 11.8. The summed E-state index contributed by atoms with van der Waals surface area (Å²) >= 11 is 5.40. The van der Waals surface area contributed by atoms with Crippen molar-refractivity contribution in [2.24, 2.45) is 0 Å². The minimum absolute atomic E-state index is 0.0131. The number of amides is 1. The van der Waals surface area contributed by atoms with Crippen LogP contribution in [0, 0.1) is 3.57 Å². The van der Waals surface area contributed by atoms with Gasteiger partial charge in [-0.2, -0.15) is 0 Å². The summed E-state index contributed by atoms with van der Waals surface area (Å²) in [5.41, 5.74) is 0.684. The fourth-order valence-corrected chi connectivity index (χ4v) is 1.97. The number of carbonyl (C=O) groups excluding carboxylic acids is 1. The van der Waals surface area contributed by atoms with Gasteiger partial charge in [-0.05, 0) is 40.8 Å². The summed E-state index contributed by atoms with van der Waals surface area (Å²) < 4.78 is 29.9. The zero-order valence-electron chi connectivity index (χ0n) is 9.26. The molecule has 1 amide bonds. The maximum atomic E-state index is 11.8. The van der Waals surface area contributed by atoms with Crippen molar-refractivity contribution in [2.45, 2.75) is 12.8 Å². The number of hydrogen-bond acceptors (Lipinski definition) is 2. The third kappa shape index (κ3) is 6.05. The van der Waals surface area contributed by atoms with E-state index in [4.69, 9.17) is 0 Å². The van der Waals surface area contributed by atoms with Gasteiger partial charge in [-0.3, -0.25) is 4.79 Å². The first-order valence-corrected chi connectivity index (χ1v) is 6.97. The van der Waals surface area contributed by atoms with Crippen LogP contribution in [0.5, 0.6) is 0 Å². The lowest BCUT2D eigenvalue weighted by molar-refractivity contribution is -0.117. The Bertz CT molecular complexity index is 418. The topological polar surface area (TPSA) is 38.3 Å². The first-order valence-electron chi connectivity index (χ1n) is 5.10. The van der Waals surface area contributed by atoms with Crippen molar-refractivity contribution in [1.82, 2.24) is 0 Å². The first-order chi connectivity index (χ1) is 8.49. The molecule has 0 aliphatic rings. The summed E-state index contributed by atoms with van der Waals surface area (Å²) in [6.45, 7) is -0.650. The Kier molecular flexibility index (Phi) is 7.02. The van der Waals surface area contributed by atoms with E-state index in [-0.39, 0.29) is 18.9 Å². The van der Waals surface area contributed by atoms with Crippen molar-refractivity contribution in [1.29, 1.82) is 0 Å². The molecule has 1 rings (SSSR count). The van der Waals surface area contributed by atoms with Crippen molar-refractivity contribution in [3.05, 3.63) is 26.2 Å². The Labute approximate surface area is 126 Å². The molecule has 1 aromatic rings. The second-order valence-electron chi connectivity index (χ2n) is 3.39. The number of carbonyl (C=O) groups is 1. The molecule has 0 fully saturated rings. The quantitative estimate of drug-likeness (QED) is 0.549. The molecular weight excluding hydrogens is 423 g/mol. The standard InChI is InChI=1S/C11H11BrF2INO2/c12-7-1-2-8(15)9(5-7)16-11(17)3-4-18-6-10(13)14/h1-2,5,10H,3-4,6H2,(H,16,17). The summed E-state index contributed by atoms with van der Waals surface area (Å²) in [7, 11) is 0. The lowest BCUT2D eigenvalue weighted by atomic mass is 10.3. The van der Waals surface area contributed by atoms with Crippen LogP contribution in [0.1, 0.15) is 6.42 Å². The van der Waals surface area contributed by atoms with Crippen molar-refractivity contribution in [2.75, 3.05) is 18.5 Å². The third-order valence-corrected chi connectivity index (χ3v) is 3.35. The number of halogens is 4. The lowest BCUT2D eigenvalue weighted by Crippen LogP contribution is -2.16. The van der Waals surface area contributed by atoms with Gasteiger partial charge in [0.05, 0.1) is 18.7 Å². The Morgan fingerprint density at radius 3 is 2.89 bits per heavy atom. The fourth-order valence-electron chi connectivity index (χ4n) is 1.14. The van der Waals surface area contributed by atoms with Crippen LogP contribution < -0.4 is 5.32 Å². The van der Waals surface area contributed by atoms with Gasteiger partial charge < -0.3 is 10.1 Å². The highest BCUT2D eigenvalue weighted by atomic mass is 127. The van der Waals surface area contributed by atoms with Gasteiger partial charge in [0.2, 0.25) is 5.91 Å². The van der Waals surface area contributed by atoms with Gasteiger partial charge in [0.1, 0.15) is 6.61 Å². The molecule has 0 aliphatic carbocycles. The molecule has 0 bridgehead atoms. The number of hydrogen-bond donors (Lipinski definition) is 1. The van der Waals surface area contributed by atoms with E-state index >= 15 is 0 Å². The molecule has 0 aromatic heterocycles. The smallest absolute Gasteiger partial charge is 0.261 e. The average molecular weight is 434 g/mol. The van der Waals surface area contributed by atoms with E-state index in [1.54, 1.807) is 6.07 Å². The Morgan fingerprint density at radius 1 is 1.50 bits per heavy atom. The van der Waals surface area contributed by atoms with Gasteiger partial charge >= 0.3 is 0 Å². The van der Waals surface area contributed by atoms with Gasteiger partial charge in [0.15, 0.2) is 0 Å². The van der Waals surface area contributed by atoms with Crippen LogP contribution >= 0.6 is 38.5 Å². The zero-order chi connectivity index (χ0) is 13.5. The summed E-state index contributed by atoms with van der Waals surface area (Å²) in [4.78, 5) is 11.5. The van der Waals surface area contributed by atoms with Crippen molar-refractivity contribution in [3.63, 3.8) is 0 Å². The Balaban J connectivity index is 2.38. The van der Waals surface area contributed by atoms with Gasteiger partial charge in [-0.15, -0.1) is 0 Å². The molecule has 0 saturated carbocycles. The lowest BCUT2D eigenvalue weighted by Gasteiger charge is -2.08. The van der Waals surface area contributed by atoms with E-state index in [0.717, 1.165) is 8.04 Å². The monoisotopic (exact) mass is 433 g/mol. The summed E-state index contributed by atoms with van der Waals surface area (Å²) in [6, 6.07) is 5.50. The predicted octanol–water partition coefficient (Wildman–Crippen LogP) is 3.66. The van der Waals surface area contributed by atoms with Crippen LogP contribution in [0.4, 0.5) is 14.5 Å². The van der Waals surface area contributed by atoms with Crippen molar-refractivity contribution in [3.8, 4) is 0 Å². The second kappa shape index (κ2) is 8.00. The number of rotatable bonds is 6. The minimum Gasteiger partial charge on any atom is -0.375 e. The van der Waals surface area contributed by atoms with Crippen molar-refractivity contribution < 1.29 is 18.3 Å². The molecule has 1 N–H and O–H groups in total.